The van der Waals surface area contributed by atoms with Crippen molar-refractivity contribution in [3.05, 3.63) is 22.7 Å². The van der Waals surface area contributed by atoms with Crippen LogP contribution in [0.15, 0.2) is 12.1 Å². The molecule has 96 valence electrons. The molecule has 0 atom stereocenters. The summed E-state index contributed by atoms with van der Waals surface area (Å²) in [6, 6.07) is 4.09. The zero-order chi connectivity index (χ0) is 12.8. The molecule has 0 bridgehead atoms. The lowest BCUT2D eigenvalue weighted by Gasteiger charge is -2.16. The molecule has 3 nitrogen and oxygen atoms in total. The molecule has 0 radical (unpaired) electrons. The van der Waals surface area contributed by atoms with Gasteiger partial charge < -0.3 is 14.8 Å². The third kappa shape index (κ3) is 4.10. The van der Waals surface area contributed by atoms with Crippen molar-refractivity contribution in [3.63, 3.8) is 0 Å². The van der Waals surface area contributed by atoms with Crippen LogP contribution >= 0.6 is 11.6 Å². The molecule has 0 unspecified atom stereocenters. The van der Waals surface area contributed by atoms with Crippen LogP contribution in [0.2, 0.25) is 5.02 Å². The zero-order valence-corrected chi connectivity index (χ0v) is 11.6. The number of rotatable bonds is 6. The van der Waals surface area contributed by atoms with Gasteiger partial charge in [0.05, 0.1) is 13.7 Å². The van der Waals surface area contributed by atoms with Crippen molar-refractivity contribution in [2.75, 3.05) is 13.7 Å². The second kappa shape index (κ2) is 6.72. The molecule has 17 heavy (non-hydrogen) atoms. The van der Waals surface area contributed by atoms with E-state index in [-0.39, 0.29) is 0 Å². The van der Waals surface area contributed by atoms with Gasteiger partial charge in [0.25, 0.3) is 0 Å². The smallest absolute Gasteiger partial charge is 0.165 e. The molecule has 0 fully saturated rings. The molecule has 0 saturated carbocycles. The van der Waals surface area contributed by atoms with E-state index in [2.05, 4.69) is 19.2 Å². The molecule has 1 aromatic rings. The molecule has 0 aliphatic heterocycles. The first-order valence-corrected chi connectivity index (χ1v) is 6.18. The van der Waals surface area contributed by atoms with Gasteiger partial charge in [0.15, 0.2) is 11.5 Å². The monoisotopic (exact) mass is 257 g/mol. The van der Waals surface area contributed by atoms with E-state index in [4.69, 9.17) is 21.1 Å². The number of nitrogens with one attached hydrogen (secondary N) is 1. The van der Waals surface area contributed by atoms with Crippen molar-refractivity contribution in [2.45, 2.75) is 33.4 Å². The Hall–Kier alpha value is -0.930. The van der Waals surface area contributed by atoms with E-state index in [1.54, 1.807) is 13.2 Å². The summed E-state index contributed by atoms with van der Waals surface area (Å²) in [5, 5.41) is 4.00. The number of benzene rings is 1. The summed E-state index contributed by atoms with van der Waals surface area (Å²) in [6.45, 7) is 7.47. The molecule has 1 rings (SSSR count). The van der Waals surface area contributed by atoms with Gasteiger partial charge in [-0.25, -0.2) is 0 Å². The molecule has 0 aliphatic rings. The molecule has 0 saturated heterocycles. The molecule has 0 heterocycles. The van der Waals surface area contributed by atoms with Gasteiger partial charge in [-0.3, -0.25) is 0 Å². The highest BCUT2D eigenvalue weighted by atomic mass is 35.5. The fourth-order valence-electron chi connectivity index (χ4n) is 1.53. The SMILES string of the molecule is CCOc1c(CNC(C)C)cc(Cl)cc1OC. The minimum Gasteiger partial charge on any atom is -0.493 e. The average Bonchev–Trinajstić information content (AvgIpc) is 2.28. The molecular weight excluding hydrogens is 238 g/mol. The third-order valence-corrected chi connectivity index (χ3v) is 2.52. The molecule has 0 amide bonds. The Morgan fingerprint density at radius 1 is 1.35 bits per heavy atom. The largest absolute Gasteiger partial charge is 0.493 e. The van der Waals surface area contributed by atoms with E-state index in [0.717, 1.165) is 11.3 Å². The van der Waals surface area contributed by atoms with Crippen molar-refractivity contribution in [1.29, 1.82) is 0 Å². The second-order valence-corrected chi connectivity index (χ2v) is 4.50. The minimum absolute atomic E-state index is 0.412. The highest BCUT2D eigenvalue weighted by molar-refractivity contribution is 6.30. The molecule has 4 heteroatoms. The fraction of sp³-hybridized carbons (Fsp3) is 0.538. The quantitative estimate of drug-likeness (QED) is 0.849. The van der Waals surface area contributed by atoms with E-state index in [9.17, 15) is 0 Å². The van der Waals surface area contributed by atoms with Crippen LogP contribution in [0, 0.1) is 0 Å². The van der Waals surface area contributed by atoms with Gasteiger partial charge in [-0.05, 0) is 13.0 Å². The summed E-state index contributed by atoms with van der Waals surface area (Å²) in [6.07, 6.45) is 0. The lowest BCUT2D eigenvalue weighted by molar-refractivity contribution is 0.306. The summed E-state index contributed by atoms with van der Waals surface area (Å²) in [7, 11) is 1.62. The minimum atomic E-state index is 0.412. The Morgan fingerprint density at radius 3 is 2.59 bits per heavy atom. The van der Waals surface area contributed by atoms with Crippen LogP contribution in [0.5, 0.6) is 11.5 Å². The number of methoxy groups -OCH3 is 1. The topological polar surface area (TPSA) is 30.5 Å². The van der Waals surface area contributed by atoms with Crippen LogP contribution in [-0.4, -0.2) is 19.8 Å². The van der Waals surface area contributed by atoms with Crippen LogP contribution < -0.4 is 14.8 Å². The predicted octanol–water partition coefficient (Wildman–Crippen LogP) is 3.25. The molecule has 1 N–H and O–H groups in total. The predicted molar refractivity (Wildman–Crippen MR) is 71.1 cm³/mol. The van der Waals surface area contributed by atoms with Gasteiger partial charge in [-0.15, -0.1) is 0 Å². The summed E-state index contributed by atoms with van der Waals surface area (Å²) >= 11 is 6.05. The van der Waals surface area contributed by atoms with Gasteiger partial charge in [0, 0.05) is 29.2 Å². The van der Waals surface area contributed by atoms with Crippen LogP contribution in [0.25, 0.3) is 0 Å². The van der Waals surface area contributed by atoms with Crippen LogP contribution in [-0.2, 0) is 6.54 Å². The van der Waals surface area contributed by atoms with E-state index in [0.29, 0.717) is 30.0 Å². The summed E-state index contributed by atoms with van der Waals surface area (Å²) in [4.78, 5) is 0. The molecule has 1 aromatic carbocycles. The maximum atomic E-state index is 6.05. The normalized spacial score (nSPS) is 10.7. The number of halogens is 1. The number of ether oxygens (including phenoxy) is 2. The maximum absolute atomic E-state index is 6.05. The van der Waals surface area contributed by atoms with Crippen molar-refractivity contribution in [3.8, 4) is 11.5 Å². The Labute approximate surface area is 108 Å². The van der Waals surface area contributed by atoms with Gasteiger partial charge in [0.1, 0.15) is 0 Å². The Balaban J connectivity index is 3.02. The standard InChI is InChI=1S/C13H20ClNO2/c1-5-17-13-10(8-15-9(2)3)6-11(14)7-12(13)16-4/h6-7,9,15H,5,8H2,1-4H3. The van der Waals surface area contributed by atoms with Crippen molar-refractivity contribution < 1.29 is 9.47 Å². The average molecular weight is 258 g/mol. The van der Waals surface area contributed by atoms with Gasteiger partial charge in [-0.1, -0.05) is 25.4 Å². The van der Waals surface area contributed by atoms with E-state index < -0.39 is 0 Å². The van der Waals surface area contributed by atoms with E-state index >= 15 is 0 Å². The number of hydrogen-bond acceptors (Lipinski definition) is 3. The van der Waals surface area contributed by atoms with Crippen molar-refractivity contribution in [1.82, 2.24) is 5.32 Å². The van der Waals surface area contributed by atoms with Crippen LogP contribution in [0.4, 0.5) is 0 Å². The van der Waals surface area contributed by atoms with Gasteiger partial charge in [-0.2, -0.15) is 0 Å². The Bertz CT molecular complexity index is 367. The fourth-order valence-corrected chi connectivity index (χ4v) is 1.76. The van der Waals surface area contributed by atoms with Gasteiger partial charge in [0.2, 0.25) is 0 Å². The van der Waals surface area contributed by atoms with Crippen molar-refractivity contribution >= 4 is 11.6 Å². The number of hydrogen-bond donors (Lipinski definition) is 1. The maximum Gasteiger partial charge on any atom is 0.165 e. The molecule has 0 aliphatic carbocycles. The summed E-state index contributed by atoms with van der Waals surface area (Å²) in [5.41, 5.74) is 1.02. The summed E-state index contributed by atoms with van der Waals surface area (Å²) in [5.74, 6) is 1.45. The molecule has 0 spiro atoms. The lowest BCUT2D eigenvalue weighted by Crippen LogP contribution is -2.22. The van der Waals surface area contributed by atoms with Crippen molar-refractivity contribution in [2.24, 2.45) is 0 Å². The summed E-state index contributed by atoms with van der Waals surface area (Å²) < 4.78 is 10.9. The zero-order valence-electron chi connectivity index (χ0n) is 10.8. The lowest BCUT2D eigenvalue weighted by atomic mass is 10.1. The highest BCUT2D eigenvalue weighted by Crippen LogP contribution is 2.34. The first-order chi connectivity index (χ1) is 8.08. The first-order valence-electron chi connectivity index (χ1n) is 5.81. The van der Waals surface area contributed by atoms with Crippen LogP contribution in [0.1, 0.15) is 26.3 Å². The van der Waals surface area contributed by atoms with Crippen LogP contribution in [0.3, 0.4) is 0 Å². The molecular formula is C13H20ClNO2. The first kappa shape index (κ1) is 14.1. The Kier molecular flexibility index (Phi) is 5.59. The van der Waals surface area contributed by atoms with Gasteiger partial charge >= 0.3 is 0 Å². The van der Waals surface area contributed by atoms with E-state index in [1.165, 1.54) is 0 Å². The highest BCUT2D eigenvalue weighted by Gasteiger charge is 2.12. The Morgan fingerprint density at radius 2 is 2.06 bits per heavy atom. The molecule has 0 aromatic heterocycles. The second-order valence-electron chi connectivity index (χ2n) is 4.06. The van der Waals surface area contributed by atoms with E-state index in [1.807, 2.05) is 13.0 Å². The third-order valence-electron chi connectivity index (χ3n) is 2.31.